The Hall–Kier alpha value is -1.86. The second-order valence-electron chi connectivity index (χ2n) is 3.36. The number of nitro groups is 1. The highest BCUT2D eigenvalue weighted by atomic mass is 16.6. The maximum Gasteiger partial charge on any atom is 0.312 e. The van der Waals surface area contributed by atoms with Crippen LogP contribution in [-0.2, 0) is 0 Å². The van der Waals surface area contributed by atoms with Crippen molar-refractivity contribution >= 4 is 11.4 Å². The molecule has 0 spiro atoms. The highest BCUT2D eigenvalue weighted by Gasteiger charge is 2.16. The first-order valence-electron chi connectivity index (χ1n) is 5.04. The van der Waals surface area contributed by atoms with Crippen molar-refractivity contribution in [2.45, 2.75) is 0 Å². The Balaban J connectivity index is 3.03. The molecule has 0 aliphatic rings. The van der Waals surface area contributed by atoms with E-state index in [1.165, 1.54) is 18.2 Å². The van der Waals surface area contributed by atoms with Gasteiger partial charge < -0.3 is 20.2 Å². The smallest absolute Gasteiger partial charge is 0.312 e. The fourth-order valence-corrected chi connectivity index (χ4v) is 1.47. The van der Waals surface area contributed by atoms with E-state index in [4.69, 9.17) is 10.2 Å². The van der Waals surface area contributed by atoms with Crippen molar-refractivity contribution in [1.29, 1.82) is 0 Å². The van der Waals surface area contributed by atoms with Crippen LogP contribution in [0.2, 0.25) is 0 Å². The summed E-state index contributed by atoms with van der Waals surface area (Å²) >= 11 is 0. The zero-order valence-corrected chi connectivity index (χ0v) is 9.11. The summed E-state index contributed by atoms with van der Waals surface area (Å²) in [7, 11) is 0. The summed E-state index contributed by atoms with van der Waals surface area (Å²) < 4.78 is 0. The molecule has 0 aliphatic carbocycles. The normalized spacial score (nSPS) is 10.2. The zero-order valence-electron chi connectivity index (χ0n) is 9.11. The minimum atomic E-state index is -0.686. The van der Waals surface area contributed by atoms with Gasteiger partial charge >= 0.3 is 5.69 Å². The van der Waals surface area contributed by atoms with Gasteiger partial charge in [-0.05, 0) is 12.1 Å². The number of aliphatic hydroxyl groups excluding tert-OH is 2. The minimum Gasteiger partial charge on any atom is -0.502 e. The molecule has 0 radical (unpaired) electrons. The standard InChI is InChI=1S/C10H14N2O5/c13-5-3-11(4-6-14)8-1-2-10(15)9(7-8)12(16)17/h1-2,7,13-15H,3-6H2. The monoisotopic (exact) mass is 242 g/mol. The number of benzene rings is 1. The van der Waals surface area contributed by atoms with Crippen molar-refractivity contribution in [2.24, 2.45) is 0 Å². The highest BCUT2D eigenvalue weighted by molar-refractivity contribution is 5.59. The molecule has 3 N–H and O–H groups in total. The van der Waals surface area contributed by atoms with E-state index >= 15 is 0 Å². The summed E-state index contributed by atoms with van der Waals surface area (Å²) in [5.41, 5.74) is 0.0704. The third-order valence-corrected chi connectivity index (χ3v) is 2.26. The van der Waals surface area contributed by atoms with Crippen molar-refractivity contribution in [2.75, 3.05) is 31.2 Å². The molecule has 0 amide bonds. The summed E-state index contributed by atoms with van der Waals surface area (Å²) in [6.45, 7) is 0.244. The van der Waals surface area contributed by atoms with Gasteiger partial charge in [0.25, 0.3) is 0 Å². The SMILES string of the molecule is O=[N+]([O-])c1cc(N(CCO)CCO)ccc1O. The van der Waals surface area contributed by atoms with E-state index in [-0.39, 0.29) is 26.3 Å². The summed E-state index contributed by atoms with van der Waals surface area (Å²) in [4.78, 5) is 11.5. The van der Waals surface area contributed by atoms with Gasteiger partial charge in [0.1, 0.15) is 0 Å². The molecule has 17 heavy (non-hydrogen) atoms. The Morgan fingerprint density at radius 2 is 1.82 bits per heavy atom. The van der Waals surface area contributed by atoms with Crippen LogP contribution < -0.4 is 4.90 Å². The summed E-state index contributed by atoms with van der Waals surface area (Å²) in [5, 5.41) is 37.6. The van der Waals surface area contributed by atoms with Gasteiger partial charge in [-0.25, -0.2) is 0 Å². The average Bonchev–Trinajstić information content (AvgIpc) is 2.29. The van der Waals surface area contributed by atoms with Crippen LogP contribution in [-0.4, -0.2) is 46.5 Å². The minimum absolute atomic E-state index is 0.130. The predicted molar refractivity (Wildman–Crippen MR) is 61.1 cm³/mol. The Bertz CT molecular complexity index is 390. The Labute approximate surface area is 97.7 Å². The Kier molecular flexibility index (Phi) is 4.68. The van der Waals surface area contributed by atoms with Gasteiger partial charge in [0, 0.05) is 24.8 Å². The number of phenolic OH excluding ortho intramolecular Hbond substituents is 1. The van der Waals surface area contributed by atoms with Crippen molar-refractivity contribution in [3.05, 3.63) is 28.3 Å². The maximum atomic E-state index is 10.6. The van der Waals surface area contributed by atoms with Gasteiger partial charge in [0.2, 0.25) is 0 Å². The van der Waals surface area contributed by atoms with Crippen LogP contribution >= 0.6 is 0 Å². The fourth-order valence-electron chi connectivity index (χ4n) is 1.47. The van der Waals surface area contributed by atoms with E-state index in [2.05, 4.69) is 0 Å². The lowest BCUT2D eigenvalue weighted by Gasteiger charge is -2.22. The second-order valence-corrected chi connectivity index (χ2v) is 3.36. The number of nitrogens with zero attached hydrogens (tertiary/aromatic N) is 2. The zero-order chi connectivity index (χ0) is 12.8. The fraction of sp³-hybridized carbons (Fsp3) is 0.400. The first kappa shape index (κ1) is 13.2. The third-order valence-electron chi connectivity index (χ3n) is 2.26. The van der Waals surface area contributed by atoms with E-state index in [0.717, 1.165) is 0 Å². The van der Waals surface area contributed by atoms with Crippen molar-refractivity contribution in [1.82, 2.24) is 0 Å². The topological polar surface area (TPSA) is 107 Å². The molecule has 7 heteroatoms. The number of hydrogen-bond acceptors (Lipinski definition) is 6. The van der Waals surface area contributed by atoms with Gasteiger partial charge in [-0.3, -0.25) is 10.1 Å². The van der Waals surface area contributed by atoms with Gasteiger partial charge in [0.05, 0.1) is 18.1 Å². The maximum absolute atomic E-state index is 10.6. The second kappa shape index (κ2) is 6.02. The quantitative estimate of drug-likeness (QED) is 0.482. The molecule has 94 valence electrons. The molecule has 0 aliphatic heterocycles. The molecule has 0 unspecified atom stereocenters. The van der Waals surface area contributed by atoms with Crippen molar-refractivity contribution in [3.8, 4) is 5.75 Å². The number of rotatable bonds is 6. The molecule has 0 saturated carbocycles. The molecule has 1 aromatic rings. The lowest BCUT2D eigenvalue weighted by atomic mass is 10.2. The number of hydrogen-bond donors (Lipinski definition) is 3. The van der Waals surface area contributed by atoms with Gasteiger partial charge in [-0.2, -0.15) is 0 Å². The molecular weight excluding hydrogens is 228 g/mol. The van der Waals surface area contributed by atoms with Crippen molar-refractivity contribution < 1.29 is 20.2 Å². The molecule has 0 atom stereocenters. The van der Waals surface area contributed by atoms with Crippen molar-refractivity contribution in [3.63, 3.8) is 0 Å². The van der Waals surface area contributed by atoms with Gasteiger partial charge in [-0.15, -0.1) is 0 Å². The first-order valence-corrected chi connectivity index (χ1v) is 5.04. The van der Waals surface area contributed by atoms with Gasteiger partial charge in [-0.1, -0.05) is 0 Å². The van der Waals surface area contributed by atoms with E-state index in [1.54, 1.807) is 4.90 Å². The number of aromatic hydroxyl groups is 1. The van der Waals surface area contributed by atoms with Crippen LogP contribution in [0.15, 0.2) is 18.2 Å². The van der Waals surface area contributed by atoms with E-state index in [1.807, 2.05) is 0 Å². The Morgan fingerprint density at radius 1 is 1.24 bits per heavy atom. The van der Waals surface area contributed by atoms with E-state index in [9.17, 15) is 15.2 Å². The molecule has 1 rings (SSSR count). The molecule has 0 bridgehead atoms. The van der Waals surface area contributed by atoms with Crippen LogP contribution in [0.4, 0.5) is 11.4 Å². The summed E-state index contributed by atoms with van der Waals surface area (Å²) in [6, 6.07) is 3.92. The Morgan fingerprint density at radius 3 is 2.29 bits per heavy atom. The summed E-state index contributed by atoms with van der Waals surface area (Å²) in [6.07, 6.45) is 0. The predicted octanol–water partition coefficient (Wildman–Crippen LogP) is 0.0914. The van der Waals surface area contributed by atoms with Crippen LogP contribution in [0, 0.1) is 10.1 Å². The molecule has 0 heterocycles. The number of anilines is 1. The van der Waals surface area contributed by atoms with Crippen LogP contribution in [0.3, 0.4) is 0 Å². The number of aliphatic hydroxyl groups is 2. The molecule has 0 fully saturated rings. The lowest BCUT2D eigenvalue weighted by molar-refractivity contribution is -0.385. The largest absolute Gasteiger partial charge is 0.502 e. The highest BCUT2D eigenvalue weighted by Crippen LogP contribution is 2.30. The molecule has 1 aromatic carbocycles. The van der Waals surface area contributed by atoms with Crippen LogP contribution in [0.1, 0.15) is 0 Å². The third kappa shape index (κ3) is 3.30. The first-order chi connectivity index (χ1) is 8.10. The number of nitro benzene ring substituents is 1. The van der Waals surface area contributed by atoms with Crippen LogP contribution in [0.25, 0.3) is 0 Å². The average molecular weight is 242 g/mol. The lowest BCUT2D eigenvalue weighted by Crippen LogP contribution is -2.29. The molecule has 7 nitrogen and oxygen atoms in total. The number of phenols is 1. The van der Waals surface area contributed by atoms with Gasteiger partial charge in [0.15, 0.2) is 5.75 Å². The molecule has 0 aromatic heterocycles. The molecule has 0 saturated heterocycles. The summed E-state index contributed by atoms with van der Waals surface area (Å²) in [5.74, 6) is -0.410. The molecular formula is C10H14N2O5. The van der Waals surface area contributed by atoms with Crippen LogP contribution in [0.5, 0.6) is 5.75 Å². The van der Waals surface area contributed by atoms with E-state index in [0.29, 0.717) is 5.69 Å². The van der Waals surface area contributed by atoms with E-state index < -0.39 is 16.4 Å².